The van der Waals surface area contributed by atoms with E-state index in [0.717, 1.165) is 29.0 Å². The number of hydrogen-bond acceptors (Lipinski definition) is 3. The monoisotopic (exact) mass is 362 g/mol. The van der Waals surface area contributed by atoms with Gasteiger partial charge in [-0.15, -0.1) is 0 Å². The Morgan fingerprint density at radius 3 is 2.00 bits per heavy atom. The van der Waals surface area contributed by atoms with Gasteiger partial charge in [-0.1, -0.05) is 47.6 Å². The van der Waals surface area contributed by atoms with E-state index < -0.39 is 5.97 Å². The van der Waals surface area contributed by atoms with Crippen LogP contribution in [-0.2, 0) is 15.6 Å². The number of hydrogen-bond donors (Lipinski definition) is 1. The number of aliphatic carboxylic acids is 1. The molecule has 1 N–H and O–H groups in total. The van der Waals surface area contributed by atoms with Gasteiger partial charge in [0.2, 0.25) is 0 Å². The molecule has 0 radical (unpaired) electrons. The van der Waals surface area contributed by atoms with Crippen LogP contribution in [0.15, 0.2) is 23.8 Å². The average molecular weight is 363 g/mol. The molecule has 0 aliphatic carbocycles. The predicted octanol–water partition coefficient (Wildman–Crippen LogP) is 5.48. The van der Waals surface area contributed by atoms with Crippen LogP contribution >= 0.6 is 0 Å². The Kier molecular flexibility index (Phi) is 7.31. The number of ether oxygens (including phenoxy) is 2. The molecule has 0 atom stereocenters. The lowest BCUT2D eigenvalue weighted by atomic mass is 9.81. The van der Waals surface area contributed by atoms with Crippen LogP contribution in [-0.4, -0.2) is 24.8 Å². The minimum atomic E-state index is -0.870. The lowest BCUT2D eigenvalue weighted by Gasteiger charge is -2.28. The second-order valence-corrected chi connectivity index (χ2v) is 8.73. The van der Waals surface area contributed by atoms with E-state index in [0.29, 0.717) is 18.6 Å². The molecule has 0 spiro atoms. The van der Waals surface area contributed by atoms with Gasteiger partial charge in [0.05, 0.1) is 13.7 Å². The Morgan fingerprint density at radius 2 is 1.54 bits per heavy atom. The summed E-state index contributed by atoms with van der Waals surface area (Å²) < 4.78 is 11.7. The van der Waals surface area contributed by atoms with Crippen LogP contribution in [0.25, 0.3) is 0 Å². The summed E-state index contributed by atoms with van der Waals surface area (Å²) in [6, 6.07) is 4.18. The Balaban J connectivity index is 3.04. The van der Waals surface area contributed by atoms with Crippen molar-refractivity contribution in [3.05, 3.63) is 34.9 Å². The van der Waals surface area contributed by atoms with E-state index in [2.05, 4.69) is 53.7 Å². The summed E-state index contributed by atoms with van der Waals surface area (Å²) in [6.07, 6.45) is 3.20. The highest BCUT2D eigenvalue weighted by atomic mass is 16.5. The fourth-order valence-electron chi connectivity index (χ4n) is 2.69. The van der Waals surface area contributed by atoms with E-state index in [4.69, 9.17) is 14.6 Å². The van der Waals surface area contributed by atoms with Gasteiger partial charge in [0.25, 0.3) is 0 Å². The number of carboxylic acids is 1. The number of rotatable bonds is 7. The first-order valence-corrected chi connectivity index (χ1v) is 9.13. The predicted molar refractivity (Wildman–Crippen MR) is 107 cm³/mol. The van der Waals surface area contributed by atoms with Crippen LogP contribution in [0.5, 0.6) is 11.5 Å². The molecule has 26 heavy (non-hydrogen) atoms. The zero-order chi connectivity index (χ0) is 20.1. The largest absolute Gasteiger partial charge is 0.496 e. The van der Waals surface area contributed by atoms with Crippen molar-refractivity contribution in [1.82, 2.24) is 0 Å². The topological polar surface area (TPSA) is 55.8 Å². The van der Waals surface area contributed by atoms with Gasteiger partial charge < -0.3 is 14.6 Å². The molecule has 4 heteroatoms. The smallest absolute Gasteiger partial charge is 0.330 e. The van der Waals surface area contributed by atoms with E-state index in [1.807, 2.05) is 0 Å². The highest BCUT2D eigenvalue weighted by molar-refractivity contribution is 5.85. The van der Waals surface area contributed by atoms with Crippen molar-refractivity contribution in [3.63, 3.8) is 0 Å². The molecule has 0 saturated carbocycles. The fraction of sp³-hybridized carbons (Fsp3) is 0.591. The molecule has 1 rings (SSSR count). The van der Waals surface area contributed by atoms with Crippen LogP contribution in [0.4, 0.5) is 0 Å². The van der Waals surface area contributed by atoms with E-state index in [1.165, 1.54) is 0 Å². The van der Waals surface area contributed by atoms with E-state index in [-0.39, 0.29) is 10.8 Å². The number of methoxy groups -OCH3 is 1. The molecule has 0 aromatic heterocycles. The van der Waals surface area contributed by atoms with E-state index in [1.54, 1.807) is 20.1 Å². The standard InChI is InChI=1S/C22H34O4/c1-15(20(23)24)11-9-10-12-26-19-14-16(21(2,3)4)18(25-8)13-17(19)22(5,6)7/h11,13-14H,9-10,12H2,1-8H3,(H,23,24). The quantitative estimate of drug-likeness (QED) is 0.515. The maximum atomic E-state index is 10.8. The van der Waals surface area contributed by atoms with Crippen LogP contribution in [0.3, 0.4) is 0 Å². The van der Waals surface area contributed by atoms with Crippen molar-refractivity contribution in [2.75, 3.05) is 13.7 Å². The van der Waals surface area contributed by atoms with Crippen LogP contribution in [0, 0.1) is 0 Å². The molecule has 0 amide bonds. The summed E-state index contributed by atoms with van der Waals surface area (Å²) in [5.74, 6) is 0.892. The van der Waals surface area contributed by atoms with Crippen LogP contribution in [0.2, 0.25) is 0 Å². The molecular formula is C22H34O4. The zero-order valence-corrected chi connectivity index (χ0v) is 17.5. The third kappa shape index (κ3) is 6.08. The van der Waals surface area contributed by atoms with Crippen molar-refractivity contribution < 1.29 is 19.4 Å². The average Bonchev–Trinajstić information content (AvgIpc) is 2.51. The lowest BCUT2D eigenvalue weighted by Crippen LogP contribution is -2.18. The fourth-order valence-corrected chi connectivity index (χ4v) is 2.69. The molecule has 0 bridgehead atoms. The van der Waals surface area contributed by atoms with Gasteiger partial charge in [0.15, 0.2) is 0 Å². The second-order valence-electron chi connectivity index (χ2n) is 8.73. The third-order valence-corrected chi connectivity index (χ3v) is 4.31. The van der Waals surface area contributed by atoms with Crippen molar-refractivity contribution in [2.45, 2.75) is 72.1 Å². The van der Waals surface area contributed by atoms with Crippen molar-refractivity contribution in [3.8, 4) is 11.5 Å². The Labute approximate surface area is 158 Å². The highest BCUT2D eigenvalue weighted by Crippen LogP contribution is 2.41. The molecule has 0 saturated heterocycles. The summed E-state index contributed by atoms with van der Waals surface area (Å²) in [6.45, 7) is 15.1. The first kappa shape index (κ1) is 22.1. The highest BCUT2D eigenvalue weighted by Gasteiger charge is 2.26. The molecular weight excluding hydrogens is 328 g/mol. The van der Waals surface area contributed by atoms with Crippen LogP contribution < -0.4 is 9.47 Å². The van der Waals surface area contributed by atoms with Gasteiger partial charge >= 0.3 is 5.97 Å². The lowest BCUT2D eigenvalue weighted by molar-refractivity contribution is -0.132. The number of unbranched alkanes of at least 4 members (excludes halogenated alkanes) is 1. The number of carboxylic acid groups (broad SMARTS) is 1. The van der Waals surface area contributed by atoms with E-state index in [9.17, 15) is 4.79 Å². The van der Waals surface area contributed by atoms with Gasteiger partial charge in [-0.25, -0.2) is 4.79 Å². The molecule has 0 heterocycles. The molecule has 0 fully saturated rings. The molecule has 146 valence electrons. The van der Waals surface area contributed by atoms with Gasteiger partial charge in [0, 0.05) is 16.7 Å². The first-order chi connectivity index (χ1) is 11.9. The summed E-state index contributed by atoms with van der Waals surface area (Å²) in [7, 11) is 1.70. The summed E-state index contributed by atoms with van der Waals surface area (Å²) in [5.41, 5.74) is 2.48. The van der Waals surface area contributed by atoms with Crippen molar-refractivity contribution in [2.24, 2.45) is 0 Å². The first-order valence-electron chi connectivity index (χ1n) is 9.13. The molecule has 1 aromatic rings. The van der Waals surface area contributed by atoms with E-state index >= 15 is 0 Å². The molecule has 0 aliphatic rings. The van der Waals surface area contributed by atoms with Gasteiger partial charge in [-0.2, -0.15) is 0 Å². The maximum absolute atomic E-state index is 10.8. The summed E-state index contributed by atoms with van der Waals surface area (Å²) in [5, 5.41) is 8.89. The van der Waals surface area contributed by atoms with Crippen molar-refractivity contribution in [1.29, 1.82) is 0 Å². The second kappa shape index (κ2) is 8.61. The number of carbonyl (C=O) groups is 1. The molecule has 0 unspecified atom stereocenters. The summed E-state index contributed by atoms with van der Waals surface area (Å²) in [4.78, 5) is 10.8. The van der Waals surface area contributed by atoms with Gasteiger partial charge in [0.1, 0.15) is 11.5 Å². The Hall–Kier alpha value is -1.97. The van der Waals surface area contributed by atoms with Crippen molar-refractivity contribution >= 4 is 5.97 Å². The minimum absolute atomic E-state index is 0.0544. The molecule has 4 nitrogen and oxygen atoms in total. The Morgan fingerprint density at radius 1 is 1.04 bits per heavy atom. The number of allylic oxidation sites excluding steroid dienone is 1. The SMILES string of the molecule is COc1cc(C(C)(C)C)c(OCCCC=C(C)C(=O)O)cc1C(C)(C)C. The zero-order valence-electron chi connectivity index (χ0n) is 17.5. The molecule has 1 aromatic carbocycles. The minimum Gasteiger partial charge on any atom is -0.496 e. The normalized spacial score (nSPS) is 12.8. The van der Waals surface area contributed by atoms with Gasteiger partial charge in [-0.3, -0.25) is 0 Å². The third-order valence-electron chi connectivity index (χ3n) is 4.31. The van der Waals surface area contributed by atoms with Gasteiger partial charge in [-0.05, 0) is 42.7 Å². The number of benzene rings is 1. The maximum Gasteiger partial charge on any atom is 0.330 e. The Bertz CT molecular complexity index is 658. The summed E-state index contributed by atoms with van der Waals surface area (Å²) >= 11 is 0. The van der Waals surface area contributed by atoms with Crippen LogP contribution in [0.1, 0.15) is 72.4 Å². The molecule has 0 aliphatic heterocycles.